The van der Waals surface area contributed by atoms with Gasteiger partial charge in [-0.05, 0) is 24.7 Å². The van der Waals surface area contributed by atoms with Crippen molar-refractivity contribution in [2.45, 2.75) is 26.3 Å². The molecule has 0 spiro atoms. The van der Waals surface area contributed by atoms with Crippen LogP contribution in [0.2, 0.25) is 0 Å². The molecule has 1 aromatic rings. The molecule has 0 aliphatic rings. The second-order valence-corrected chi connectivity index (χ2v) is 4.89. The van der Waals surface area contributed by atoms with Gasteiger partial charge in [0.15, 0.2) is 16.6 Å². The SMILES string of the molecule is CCCCNC(=S)NCc1cc(OC)c(OC)cc1OC. The minimum atomic E-state index is 0.557. The maximum atomic E-state index is 5.38. The number of ether oxygens (including phenoxy) is 3. The third-order valence-electron chi connectivity index (χ3n) is 3.04. The Morgan fingerprint density at radius 2 is 1.62 bits per heavy atom. The van der Waals surface area contributed by atoms with Crippen LogP contribution in [-0.2, 0) is 6.54 Å². The van der Waals surface area contributed by atoms with Crippen molar-refractivity contribution in [2.24, 2.45) is 0 Å². The van der Waals surface area contributed by atoms with Gasteiger partial charge < -0.3 is 24.8 Å². The Bertz CT molecular complexity index is 466. The van der Waals surface area contributed by atoms with E-state index in [2.05, 4.69) is 17.6 Å². The Kier molecular flexibility index (Phi) is 7.68. The molecule has 0 aromatic heterocycles. The van der Waals surface area contributed by atoms with Crippen molar-refractivity contribution in [2.75, 3.05) is 27.9 Å². The number of thiocarbonyl (C=S) groups is 1. The summed E-state index contributed by atoms with van der Waals surface area (Å²) in [5, 5.41) is 6.97. The number of hydrogen-bond acceptors (Lipinski definition) is 4. The molecule has 0 fully saturated rings. The normalized spacial score (nSPS) is 9.90. The predicted molar refractivity (Wildman–Crippen MR) is 88.4 cm³/mol. The van der Waals surface area contributed by atoms with Crippen LogP contribution in [0.3, 0.4) is 0 Å². The van der Waals surface area contributed by atoms with Gasteiger partial charge in [0.25, 0.3) is 0 Å². The molecule has 5 nitrogen and oxygen atoms in total. The molecule has 21 heavy (non-hydrogen) atoms. The van der Waals surface area contributed by atoms with Gasteiger partial charge in [-0.2, -0.15) is 0 Å². The molecule has 0 amide bonds. The molecule has 0 saturated carbocycles. The lowest BCUT2D eigenvalue weighted by atomic mass is 10.1. The number of hydrogen-bond donors (Lipinski definition) is 2. The van der Waals surface area contributed by atoms with Gasteiger partial charge in [-0.15, -0.1) is 0 Å². The highest BCUT2D eigenvalue weighted by atomic mass is 32.1. The first-order valence-corrected chi connectivity index (χ1v) is 7.37. The molecule has 0 aliphatic carbocycles. The molecule has 0 heterocycles. The molecule has 1 aromatic carbocycles. The van der Waals surface area contributed by atoms with E-state index in [9.17, 15) is 0 Å². The summed E-state index contributed by atoms with van der Waals surface area (Å²) in [6, 6.07) is 3.70. The molecule has 0 bridgehead atoms. The van der Waals surface area contributed by atoms with E-state index in [-0.39, 0.29) is 0 Å². The Morgan fingerprint density at radius 1 is 1.00 bits per heavy atom. The summed E-state index contributed by atoms with van der Waals surface area (Å²) < 4.78 is 15.9. The molecule has 6 heteroatoms. The van der Waals surface area contributed by atoms with Crippen LogP contribution in [0.15, 0.2) is 12.1 Å². The monoisotopic (exact) mass is 312 g/mol. The van der Waals surface area contributed by atoms with Crippen LogP contribution in [0.25, 0.3) is 0 Å². The van der Waals surface area contributed by atoms with E-state index < -0.39 is 0 Å². The van der Waals surface area contributed by atoms with Crippen LogP contribution >= 0.6 is 12.2 Å². The lowest BCUT2D eigenvalue weighted by Crippen LogP contribution is -2.35. The molecule has 118 valence electrons. The molecule has 2 N–H and O–H groups in total. The molecule has 0 saturated heterocycles. The Balaban J connectivity index is 2.71. The van der Waals surface area contributed by atoms with Crippen molar-refractivity contribution in [3.63, 3.8) is 0 Å². The average Bonchev–Trinajstić information content (AvgIpc) is 2.52. The van der Waals surface area contributed by atoms with Gasteiger partial charge >= 0.3 is 0 Å². The summed E-state index contributed by atoms with van der Waals surface area (Å²) >= 11 is 5.24. The second kappa shape index (κ2) is 9.28. The Labute approximate surface area is 132 Å². The minimum Gasteiger partial charge on any atom is -0.496 e. The summed E-state index contributed by atoms with van der Waals surface area (Å²) in [4.78, 5) is 0. The highest BCUT2D eigenvalue weighted by Crippen LogP contribution is 2.34. The van der Waals surface area contributed by atoms with E-state index in [1.807, 2.05) is 12.1 Å². The van der Waals surface area contributed by atoms with Crippen LogP contribution in [0.1, 0.15) is 25.3 Å². The number of nitrogens with one attached hydrogen (secondary N) is 2. The largest absolute Gasteiger partial charge is 0.496 e. The number of methoxy groups -OCH3 is 3. The Hall–Kier alpha value is -1.69. The van der Waals surface area contributed by atoms with E-state index in [0.717, 1.165) is 30.7 Å². The third kappa shape index (κ3) is 5.30. The van der Waals surface area contributed by atoms with E-state index in [0.29, 0.717) is 23.2 Å². The lowest BCUT2D eigenvalue weighted by Gasteiger charge is -2.15. The van der Waals surface area contributed by atoms with Gasteiger partial charge in [-0.25, -0.2) is 0 Å². The van der Waals surface area contributed by atoms with Gasteiger partial charge in [0, 0.05) is 24.7 Å². The molecule has 0 aliphatic heterocycles. The van der Waals surface area contributed by atoms with Crippen LogP contribution in [0.5, 0.6) is 17.2 Å². The van der Waals surface area contributed by atoms with Crippen molar-refractivity contribution >= 4 is 17.3 Å². The molecular weight excluding hydrogens is 288 g/mol. The first-order valence-electron chi connectivity index (χ1n) is 6.96. The van der Waals surface area contributed by atoms with Crippen molar-refractivity contribution < 1.29 is 14.2 Å². The van der Waals surface area contributed by atoms with E-state index in [4.69, 9.17) is 26.4 Å². The summed E-state index contributed by atoms with van der Waals surface area (Å²) in [5.74, 6) is 2.04. The standard InChI is InChI=1S/C15H24N2O3S/c1-5-6-7-16-15(21)17-10-11-8-13(19-3)14(20-4)9-12(11)18-2/h8-9H,5-7,10H2,1-4H3,(H2,16,17,21). The quantitative estimate of drug-likeness (QED) is 0.568. The second-order valence-electron chi connectivity index (χ2n) is 4.48. The van der Waals surface area contributed by atoms with Crippen LogP contribution < -0.4 is 24.8 Å². The van der Waals surface area contributed by atoms with Gasteiger partial charge in [-0.1, -0.05) is 13.3 Å². The zero-order chi connectivity index (χ0) is 15.7. The maximum absolute atomic E-state index is 5.38. The summed E-state index contributed by atoms with van der Waals surface area (Å²) in [7, 11) is 4.84. The van der Waals surface area contributed by atoms with E-state index in [1.54, 1.807) is 21.3 Å². The number of rotatable bonds is 8. The molecule has 0 unspecified atom stereocenters. The fourth-order valence-electron chi connectivity index (χ4n) is 1.85. The van der Waals surface area contributed by atoms with E-state index >= 15 is 0 Å². The fourth-order valence-corrected chi connectivity index (χ4v) is 2.02. The summed E-state index contributed by atoms with van der Waals surface area (Å²) in [6.07, 6.45) is 2.24. The summed E-state index contributed by atoms with van der Waals surface area (Å²) in [5.41, 5.74) is 0.954. The van der Waals surface area contributed by atoms with Crippen LogP contribution in [0, 0.1) is 0 Å². The summed E-state index contributed by atoms with van der Waals surface area (Å²) in [6.45, 7) is 3.58. The first kappa shape index (κ1) is 17.4. The van der Waals surface area contributed by atoms with Crippen molar-refractivity contribution in [3.05, 3.63) is 17.7 Å². The molecular formula is C15H24N2O3S. The van der Waals surface area contributed by atoms with E-state index in [1.165, 1.54) is 0 Å². The fraction of sp³-hybridized carbons (Fsp3) is 0.533. The minimum absolute atomic E-state index is 0.557. The zero-order valence-electron chi connectivity index (χ0n) is 13.1. The zero-order valence-corrected chi connectivity index (χ0v) is 13.9. The number of benzene rings is 1. The van der Waals surface area contributed by atoms with Crippen molar-refractivity contribution in [1.82, 2.24) is 10.6 Å². The van der Waals surface area contributed by atoms with Gasteiger partial charge in [0.1, 0.15) is 5.75 Å². The maximum Gasteiger partial charge on any atom is 0.166 e. The van der Waals surface area contributed by atoms with Crippen LogP contribution in [0.4, 0.5) is 0 Å². The van der Waals surface area contributed by atoms with Crippen LogP contribution in [-0.4, -0.2) is 33.0 Å². The highest BCUT2D eigenvalue weighted by Gasteiger charge is 2.11. The predicted octanol–water partition coefficient (Wildman–Crippen LogP) is 2.48. The average molecular weight is 312 g/mol. The molecule has 0 radical (unpaired) electrons. The third-order valence-corrected chi connectivity index (χ3v) is 3.33. The van der Waals surface area contributed by atoms with Crippen molar-refractivity contribution in [3.8, 4) is 17.2 Å². The molecule has 1 rings (SSSR count). The number of unbranched alkanes of at least 4 members (excludes halogenated alkanes) is 1. The Morgan fingerprint density at radius 3 is 2.19 bits per heavy atom. The first-order chi connectivity index (χ1) is 10.2. The van der Waals surface area contributed by atoms with Gasteiger partial charge in [0.2, 0.25) is 0 Å². The van der Waals surface area contributed by atoms with Gasteiger partial charge in [-0.3, -0.25) is 0 Å². The van der Waals surface area contributed by atoms with Gasteiger partial charge in [0.05, 0.1) is 21.3 Å². The smallest absolute Gasteiger partial charge is 0.166 e. The van der Waals surface area contributed by atoms with Crippen molar-refractivity contribution in [1.29, 1.82) is 0 Å². The highest BCUT2D eigenvalue weighted by molar-refractivity contribution is 7.80. The lowest BCUT2D eigenvalue weighted by molar-refractivity contribution is 0.347. The topological polar surface area (TPSA) is 51.8 Å². The molecule has 0 atom stereocenters.